The summed E-state index contributed by atoms with van der Waals surface area (Å²) in [5.41, 5.74) is -0.858. The molecule has 0 aliphatic rings. The SMILES string of the molecule is NS(=O)(=O)CCNc1nc(C(=O)O)ccc1[N+](=O)[O-]. The molecular formula is C8H10N4O6S. The Balaban J connectivity index is 2.98. The van der Waals surface area contributed by atoms with Crippen LogP contribution in [0.4, 0.5) is 11.5 Å². The van der Waals surface area contributed by atoms with E-state index in [1.54, 1.807) is 0 Å². The Labute approximate surface area is 107 Å². The maximum atomic E-state index is 10.7. The van der Waals surface area contributed by atoms with E-state index in [-0.39, 0.29) is 12.4 Å². The quantitative estimate of drug-likeness (QED) is 0.460. The Hall–Kier alpha value is -2.27. The van der Waals surface area contributed by atoms with Gasteiger partial charge in [0.2, 0.25) is 15.8 Å². The fourth-order valence-electron chi connectivity index (χ4n) is 1.16. The van der Waals surface area contributed by atoms with Crippen LogP contribution in [0, 0.1) is 10.1 Å². The average Bonchev–Trinajstić information content (AvgIpc) is 2.26. The van der Waals surface area contributed by atoms with Crippen molar-refractivity contribution in [3.8, 4) is 0 Å². The van der Waals surface area contributed by atoms with Gasteiger partial charge in [0.1, 0.15) is 0 Å². The monoisotopic (exact) mass is 290 g/mol. The molecule has 1 heterocycles. The van der Waals surface area contributed by atoms with Crippen molar-refractivity contribution >= 4 is 27.5 Å². The molecule has 0 saturated heterocycles. The number of carboxylic acids is 1. The van der Waals surface area contributed by atoms with Gasteiger partial charge in [-0.1, -0.05) is 0 Å². The number of sulfonamides is 1. The van der Waals surface area contributed by atoms with Crippen LogP contribution in [-0.4, -0.2) is 41.7 Å². The number of rotatable bonds is 6. The summed E-state index contributed by atoms with van der Waals surface area (Å²) in [5.74, 6) is -2.15. The van der Waals surface area contributed by atoms with E-state index < -0.39 is 38.1 Å². The maximum Gasteiger partial charge on any atom is 0.354 e. The fourth-order valence-corrected chi connectivity index (χ4v) is 1.55. The summed E-state index contributed by atoms with van der Waals surface area (Å²) in [6, 6.07) is 1.95. The summed E-state index contributed by atoms with van der Waals surface area (Å²) < 4.78 is 21.4. The number of nitrogens with two attached hydrogens (primary N) is 1. The van der Waals surface area contributed by atoms with E-state index in [1.165, 1.54) is 0 Å². The number of primary sulfonamides is 1. The molecule has 1 aromatic heterocycles. The predicted octanol–water partition coefficient (Wildman–Crippen LogP) is -0.612. The summed E-state index contributed by atoms with van der Waals surface area (Å²) in [5, 5.41) is 26.5. The largest absolute Gasteiger partial charge is 0.477 e. The molecule has 0 spiro atoms. The molecule has 0 atom stereocenters. The smallest absolute Gasteiger partial charge is 0.354 e. The number of pyridine rings is 1. The van der Waals surface area contributed by atoms with E-state index >= 15 is 0 Å². The number of aromatic carboxylic acids is 1. The number of nitrogens with zero attached hydrogens (tertiary/aromatic N) is 2. The van der Waals surface area contributed by atoms with Gasteiger partial charge in [-0.2, -0.15) is 0 Å². The van der Waals surface area contributed by atoms with Crippen molar-refractivity contribution in [3.63, 3.8) is 0 Å². The summed E-state index contributed by atoms with van der Waals surface area (Å²) in [7, 11) is -3.73. The minimum Gasteiger partial charge on any atom is -0.477 e. The molecule has 0 unspecified atom stereocenters. The van der Waals surface area contributed by atoms with Gasteiger partial charge in [0.05, 0.1) is 10.7 Å². The minimum absolute atomic E-state index is 0.226. The molecule has 4 N–H and O–H groups in total. The van der Waals surface area contributed by atoms with Crippen LogP contribution in [0.15, 0.2) is 12.1 Å². The summed E-state index contributed by atoms with van der Waals surface area (Å²) in [4.78, 5) is 24.1. The van der Waals surface area contributed by atoms with Gasteiger partial charge >= 0.3 is 11.7 Å². The zero-order chi connectivity index (χ0) is 14.6. The van der Waals surface area contributed by atoms with Crippen molar-refractivity contribution in [2.75, 3.05) is 17.6 Å². The molecule has 0 fully saturated rings. The molecule has 0 aliphatic carbocycles. The number of hydrogen-bond donors (Lipinski definition) is 3. The minimum atomic E-state index is -3.73. The van der Waals surface area contributed by atoms with E-state index in [1.807, 2.05) is 0 Å². The highest BCUT2D eigenvalue weighted by Crippen LogP contribution is 2.21. The van der Waals surface area contributed by atoms with Crippen molar-refractivity contribution in [1.29, 1.82) is 0 Å². The van der Waals surface area contributed by atoms with Crippen LogP contribution >= 0.6 is 0 Å². The molecular weight excluding hydrogens is 280 g/mol. The van der Waals surface area contributed by atoms with Crippen molar-refractivity contribution in [2.45, 2.75) is 0 Å². The number of hydrogen-bond acceptors (Lipinski definition) is 7. The van der Waals surface area contributed by atoms with E-state index in [2.05, 4.69) is 10.3 Å². The van der Waals surface area contributed by atoms with E-state index in [9.17, 15) is 23.3 Å². The average molecular weight is 290 g/mol. The van der Waals surface area contributed by atoms with E-state index in [0.717, 1.165) is 12.1 Å². The first-order chi connectivity index (χ1) is 8.70. The fraction of sp³-hybridized carbons (Fsp3) is 0.250. The van der Waals surface area contributed by atoms with E-state index in [4.69, 9.17) is 10.2 Å². The van der Waals surface area contributed by atoms with Crippen molar-refractivity contribution < 1.29 is 23.2 Å². The third-order valence-corrected chi connectivity index (χ3v) is 2.74. The highest BCUT2D eigenvalue weighted by Gasteiger charge is 2.18. The molecule has 0 aliphatic heterocycles. The zero-order valence-corrected chi connectivity index (χ0v) is 10.3. The van der Waals surface area contributed by atoms with Crippen molar-refractivity contribution in [3.05, 3.63) is 27.9 Å². The van der Waals surface area contributed by atoms with Crippen LogP contribution in [0.1, 0.15) is 10.5 Å². The summed E-state index contributed by atoms with van der Waals surface area (Å²) in [6.07, 6.45) is 0. The lowest BCUT2D eigenvalue weighted by molar-refractivity contribution is -0.384. The van der Waals surface area contributed by atoms with Crippen LogP contribution in [0.3, 0.4) is 0 Å². The number of nitrogens with one attached hydrogen (secondary N) is 1. The zero-order valence-electron chi connectivity index (χ0n) is 9.44. The topological polar surface area (TPSA) is 166 Å². The van der Waals surface area contributed by atoms with Gasteiger partial charge in [0.25, 0.3) is 0 Å². The molecule has 0 saturated carbocycles. The predicted molar refractivity (Wildman–Crippen MR) is 64.3 cm³/mol. The molecule has 0 radical (unpaired) electrons. The first-order valence-electron chi connectivity index (χ1n) is 4.84. The first-order valence-corrected chi connectivity index (χ1v) is 6.55. The number of anilines is 1. The van der Waals surface area contributed by atoms with Gasteiger partial charge in [-0.15, -0.1) is 0 Å². The summed E-state index contributed by atoms with van der Waals surface area (Å²) >= 11 is 0. The van der Waals surface area contributed by atoms with E-state index in [0.29, 0.717) is 0 Å². The lowest BCUT2D eigenvalue weighted by Gasteiger charge is -2.06. The van der Waals surface area contributed by atoms with Gasteiger partial charge in [0, 0.05) is 12.6 Å². The van der Waals surface area contributed by atoms with Gasteiger partial charge in [-0.05, 0) is 6.07 Å². The van der Waals surface area contributed by atoms with Crippen LogP contribution in [0.2, 0.25) is 0 Å². The van der Waals surface area contributed by atoms with Gasteiger partial charge in [0.15, 0.2) is 5.69 Å². The third kappa shape index (κ3) is 4.48. The highest BCUT2D eigenvalue weighted by molar-refractivity contribution is 7.89. The van der Waals surface area contributed by atoms with Crippen molar-refractivity contribution in [1.82, 2.24) is 4.98 Å². The Morgan fingerprint density at radius 3 is 2.63 bits per heavy atom. The molecule has 0 bridgehead atoms. The summed E-state index contributed by atoms with van der Waals surface area (Å²) in [6.45, 7) is -0.226. The first kappa shape index (κ1) is 14.8. The number of nitro groups is 1. The number of carbonyl (C=O) groups is 1. The highest BCUT2D eigenvalue weighted by atomic mass is 32.2. The lowest BCUT2D eigenvalue weighted by Crippen LogP contribution is -2.23. The van der Waals surface area contributed by atoms with Gasteiger partial charge < -0.3 is 10.4 Å². The standard InChI is InChI=1S/C8H10N4O6S/c9-19(17,18)4-3-10-7-6(12(15)16)2-1-5(11-7)8(13)14/h1-2H,3-4H2,(H,10,11)(H,13,14)(H2,9,17,18). The molecule has 1 aromatic rings. The van der Waals surface area contributed by atoms with Crippen LogP contribution in [0.25, 0.3) is 0 Å². The second-order valence-corrected chi connectivity index (χ2v) is 5.15. The van der Waals surface area contributed by atoms with Crippen molar-refractivity contribution in [2.24, 2.45) is 5.14 Å². The number of aromatic nitrogens is 1. The molecule has 19 heavy (non-hydrogen) atoms. The Morgan fingerprint density at radius 1 is 1.53 bits per heavy atom. The number of carboxylic acid groups (broad SMARTS) is 1. The molecule has 11 heteroatoms. The maximum absolute atomic E-state index is 10.7. The molecule has 1 rings (SSSR count). The Bertz CT molecular complexity index is 614. The lowest BCUT2D eigenvalue weighted by atomic mass is 10.3. The second kappa shape index (κ2) is 5.58. The molecule has 10 nitrogen and oxygen atoms in total. The molecule has 104 valence electrons. The third-order valence-electron chi connectivity index (χ3n) is 1.97. The van der Waals surface area contributed by atoms with Crippen LogP contribution < -0.4 is 10.5 Å². The molecule has 0 aromatic carbocycles. The molecule has 0 amide bonds. The Kier molecular flexibility index (Phi) is 4.34. The Morgan fingerprint density at radius 2 is 2.16 bits per heavy atom. The van der Waals surface area contributed by atoms with Crippen LogP contribution in [-0.2, 0) is 10.0 Å². The van der Waals surface area contributed by atoms with Gasteiger partial charge in [-0.25, -0.2) is 23.3 Å². The van der Waals surface area contributed by atoms with Gasteiger partial charge in [-0.3, -0.25) is 10.1 Å². The van der Waals surface area contributed by atoms with Crippen LogP contribution in [0.5, 0.6) is 0 Å². The second-order valence-electron chi connectivity index (χ2n) is 3.42. The normalized spacial score (nSPS) is 11.0.